The second-order valence-electron chi connectivity index (χ2n) is 5.89. The number of nitrogens with two attached hydrogens (primary N) is 1. The fraction of sp³-hybridized carbons (Fsp3) is 0.375. The first-order valence-electron chi connectivity index (χ1n) is 8.04. The van der Waals surface area contributed by atoms with Gasteiger partial charge in [0.1, 0.15) is 17.3 Å². The second-order valence-corrected chi connectivity index (χ2v) is 7.42. The third kappa shape index (κ3) is 4.09. The summed E-state index contributed by atoms with van der Waals surface area (Å²) in [6.45, 7) is 3.42. The minimum absolute atomic E-state index is 0.0279. The smallest absolute Gasteiger partial charge is 0.241 e. The molecule has 3 rings (SSSR count). The highest BCUT2D eigenvalue weighted by atomic mass is 32.2. The molecule has 0 radical (unpaired) electrons. The van der Waals surface area contributed by atoms with Crippen LogP contribution in [-0.2, 0) is 10.0 Å². The van der Waals surface area contributed by atoms with Crippen LogP contribution in [0.2, 0.25) is 0 Å². The van der Waals surface area contributed by atoms with Crippen molar-refractivity contribution in [2.24, 2.45) is 5.14 Å². The summed E-state index contributed by atoms with van der Waals surface area (Å²) >= 11 is 0. The quantitative estimate of drug-likeness (QED) is 0.805. The zero-order valence-corrected chi connectivity index (χ0v) is 14.9. The van der Waals surface area contributed by atoms with Gasteiger partial charge in [0.15, 0.2) is 11.6 Å². The average Bonchev–Trinajstić information content (AvgIpc) is 2.60. The van der Waals surface area contributed by atoms with Gasteiger partial charge in [-0.2, -0.15) is 0 Å². The van der Waals surface area contributed by atoms with Crippen LogP contribution in [0.4, 0.5) is 4.39 Å². The molecule has 0 amide bonds. The van der Waals surface area contributed by atoms with Gasteiger partial charge in [-0.1, -0.05) is 6.07 Å². The molecule has 1 aromatic heterocycles. The van der Waals surface area contributed by atoms with Gasteiger partial charge in [0.2, 0.25) is 21.8 Å². The summed E-state index contributed by atoms with van der Waals surface area (Å²) in [5.74, 6) is -0.945. The molecule has 1 aliphatic rings. The summed E-state index contributed by atoms with van der Waals surface area (Å²) in [5, 5.41) is 8.25. The van der Waals surface area contributed by atoms with E-state index in [-0.39, 0.29) is 17.7 Å². The van der Waals surface area contributed by atoms with Gasteiger partial charge in [-0.15, -0.1) is 0 Å². The fourth-order valence-corrected chi connectivity index (χ4v) is 3.22. The van der Waals surface area contributed by atoms with Crippen molar-refractivity contribution in [3.63, 3.8) is 0 Å². The number of nitrogens with zero attached hydrogens (tertiary/aromatic N) is 2. The zero-order chi connectivity index (χ0) is 18.7. The Labute approximate surface area is 150 Å². The second kappa shape index (κ2) is 7.52. The molecule has 10 heteroatoms. The summed E-state index contributed by atoms with van der Waals surface area (Å²) in [4.78, 5) is 7.45. The number of aromatic nitrogens is 2. The van der Waals surface area contributed by atoms with E-state index in [1.807, 2.05) is 0 Å². The van der Waals surface area contributed by atoms with E-state index in [9.17, 15) is 12.8 Å². The van der Waals surface area contributed by atoms with Crippen LogP contribution < -0.4 is 19.9 Å². The third-order valence-electron chi connectivity index (χ3n) is 4.00. The highest BCUT2D eigenvalue weighted by Crippen LogP contribution is 2.31. The van der Waals surface area contributed by atoms with Gasteiger partial charge in [0, 0.05) is 0 Å². The number of rotatable bonds is 5. The Morgan fingerprint density at radius 2 is 1.92 bits per heavy atom. The Hall–Kier alpha value is -2.30. The molecular formula is C16H19FN4O4S. The number of sulfonamides is 1. The van der Waals surface area contributed by atoms with Gasteiger partial charge in [0.05, 0.1) is 5.56 Å². The van der Waals surface area contributed by atoms with E-state index in [4.69, 9.17) is 14.6 Å². The lowest BCUT2D eigenvalue weighted by atomic mass is 10.1. The van der Waals surface area contributed by atoms with Crippen molar-refractivity contribution in [2.75, 3.05) is 13.1 Å². The molecule has 1 aliphatic heterocycles. The number of piperidine rings is 1. The van der Waals surface area contributed by atoms with Gasteiger partial charge in [0.25, 0.3) is 0 Å². The number of hydrogen-bond acceptors (Lipinski definition) is 7. The van der Waals surface area contributed by atoms with E-state index in [0.29, 0.717) is 11.4 Å². The number of hydrogen-bond donors (Lipinski definition) is 2. The molecule has 140 valence electrons. The van der Waals surface area contributed by atoms with Crippen LogP contribution in [0, 0.1) is 12.7 Å². The molecule has 0 saturated carbocycles. The van der Waals surface area contributed by atoms with Crippen molar-refractivity contribution in [1.82, 2.24) is 15.3 Å². The van der Waals surface area contributed by atoms with Crippen LogP contribution >= 0.6 is 0 Å². The van der Waals surface area contributed by atoms with Crippen LogP contribution in [0.25, 0.3) is 0 Å². The zero-order valence-electron chi connectivity index (χ0n) is 14.1. The van der Waals surface area contributed by atoms with Crippen molar-refractivity contribution in [3.8, 4) is 17.5 Å². The third-order valence-corrected chi connectivity index (χ3v) is 4.93. The van der Waals surface area contributed by atoms with E-state index >= 15 is 0 Å². The number of nitrogens with one attached hydrogen (secondary N) is 1. The average molecular weight is 382 g/mol. The molecule has 8 nitrogen and oxygen atoms in total. The van der Waals surface area contributed by atoms with Crippen molar-refractivity contribution in [2.45, 2.75) is 30.8 Å². The maximum atomic E-state index is 14.4. The van der Waals surface area contributed by atoms with Gasteiger partial charge in [-0.05, 0) is 45.0 Å². The lowest BCUT2D eigenvalue weighted by molar-refractivity contribution is 0.154. The van der Waals surface area contributed by atoms with Gasteiger partial charge in [-0.25, -0.2) is 27.9 Å². The summed E-state index contributed by atoms with van der Waals surface area (Å²) < 4.78 is 48.6. The molecule has 0 atom stereocenters. The van der Waals surface area contributed by atoms with Gasteiger partial charge >= 0.3 is 0 Å². The number of primary sulfonamides is 1. The Bertz CT molecular complexity index is 901. The van der Waals surface area contributed by atoms with Crippen LogP contribution in [0.5, 0.6) is 17.5 Å². The Morgan fingerprint density at radius 3 is 2.62 bits per heavy atom. The van der Waals surface area contributed by atoms with Gasteiger partial charge < -0.3 is 14.8 Å². The van der Waals surface area contributed by atoms with E-state index in [1.165, 1.54) is 18.5 Å². The van der Waals surface area contributed by atoms with Crippen LogP contribution in [-0.4, -0.2) is 37.6 Å². The van der Waals surface area contributed by atoms with Crippen molar-refractivity contribution < 1.29 is 22.3 Å². The summed E-state index contributed by atoms with van der Waals surface area (Å²) in [5.41, 5.74) is 0.492. The molecule has 3 N–H and O–H groups in total. The highest BCUT2D eigenvalue weighted by Gasteiger charge is 2.21. The Morgan fingerprint density at radius 1 is 1.23 bits per heavy atom. The highest BCUT2D eigenvalue weighted by molar-refractivity contribution is 7.89. The molecule has 0 spiro atoms. The first-order valence-corrected chi connectivity index (χ1v) is 9.59. The molecule has 0 unspecified atom stereocenters. The first kappa shape index (κ1) is 18.5. The first-order chi connectivity index (χ1) is 12.4. The number of ether oxygens (including phenoxy) is 2. The number of halogens is 1. The monoisotopic (exact) mass is 382 g/mol. The number of benzene rings is 1. The molecular weight excluding hydrogens is 363 g/mol. The van der Waals surface area contributed by atoms with Crippen molar-refractivity contribution in [3.05, 3.63) is 35.9 Å². The summed E-state index contributed by atoms with van der Waals surface area (Å²) in [6, 6.07) is 3.69. The predicted molar refractivity (Wildman–Crippen MR) is 91.1 cm³/mol. The van der Waals surface area contributed by atoms with E-state index in [0.717, 1.165) is 32.0 Å². The maximum Gasteiger partial charge on any atom is 0.241 e. The molecule has 2 heterocycles. The molecule has 1 saturated heterocycles. The summed E-state index contributed by atoms with van der Waals surface area (Å²) in [7, 11) is -4.20. The molecule has 2 aromatic rings. The normalized spacial score (nSPS) is 15.7. The Kier molecular flexibility index (Phi) is 5.35. The van der Waals surface area contributed by atoms with E-state index < -0.39 is 20.7 Å². The summed E-state index contributed by atoms with van der Waals surface area (Å²) in [6.07, 6.45) is 2.98. The molecule has 0 aliphatic carbocycles. The molecule has 26 heavy (non-hydrogen) atoms. The van der Waals surface area contributed by atoms with Crippen LogP contribution in [0.3, 0.4) is 0 Å². The maximum absolute atomic E-state index is 14.4. The standard InChI is InChI=1S/C16H19FN4O4S/c1-10-15(24-11-5-7-19-8-6-11)20-9-21-16(10)25-12-3-2-4-13(14(12)17)26(18,22)23/h2-4,9,11,19H,5-8H2,1H3,(H2,18,22,23). The Balaban J connectivity index is 1.86. The van der Waals surface area contributed by atoms with Gasteiger partial charge in [-0.3, -0.25) is 0 Å². The molecule has 1 aromatic carbocycles. The van der Waals surface area contributed by atoms with Crippen molar-refractivity contribution >= 4 is 10.0 Å². The minimum atomic E-state index is -4.20. The van der Waals surface area contributed by atoms with E-state index in [1.54, 1.807) is 6.92 Å². The van der Waals surface area contributed by atoms with Crippen LogP contribution in [0.1, 0.15) is 18.4 Å². The lowest BCUT2D eigenvalue weighted by Gasteiger charge is -2.24. The SMILES string of the molecule is Cc1c(Oc2cccc(S(N)(=O)=O)c2F)ncnc1OC1CCNCC1. The minimum Gasteiger partial charge on any atom is -0.474 e. The molecule has 0 bridgehead atoms. The lowest BCUT2D eigenvalue weighted by Crippen LogP contribution is -2.34. The largest absolute Gasteiger partial charge is 0.474 e. The molecule has 1 fully saturated rings. The predicted octanol–water partition coefficient (Wildman–Crippen LogP) is 1.49. The van der Waals surface area contributed by atoms with Crippen molar-refractivity contribution in [1.29, 1.82) is 0 Å². The van der Waals surface area contributed by atoms with E-state index in [2.05, 4.69) is 15.3 Å². The van der Waals surface area contributed by atoms with Crippen LogP contribution in [0.15, 0.2) is 29.4 Å². The fourth-order valence-electron chi connectivity index (χ4n) is 2.61. The topological polar surface area (TPSA) is 116 Å².